The van der Waals surface area contributed by atoms with Crippen LogP contribution in [0.1, 0.15) is 13.8 Å². The molecule has 6 heteroatoms. The van der Waals surface area contributed by atoms with Crippen molar-refractivity contribution in [3.8, 4) is 5.75 Å². The van der Waals surface area contributed by atoms with Crippen molar-refractivity contribution in [2.45, 2.75) is 19.4 Å². The van der Waals surface area contributed by atoms with Gasteiger partial charge in [-0.15, -0.1) is 0 Å². The van der Waals surface area contributed by atoms with E-state index in [0.717, 1.165) is 11.4 Å². The molecule has 0 atom stereocenters. The molecule has 0 unspecified atom stereocenters. The molecule has 0 fully saturated rings. The number of amides is 2. The third-order valence-electron chi connectivity index (χ3n) is 3.35. The van der Waals surface area contributed by atoms with Crippen LogP contribution < -0.4 is 21.1 Å². The zero-order valence-electron chi connectivity index (χ0n) is 13.7. The third-order valence-corrected chi connectivity index (χ3v) is 3.35. The molecule has 0 radical (unpaired) electrons. The van der Waals surface area contributed by atoms with Gasteiger partial charge in [0.1, 0.15) is 11.3 Å². The van der Waals surface area contributed by atoms with Gasteiger partial charge in [0.25, 0.3) is 5.91 Å². The van der Waals surface area contributed by atoms with E-state index >= 15 is 0 Å². The summed E-state index contributed by atoms with van der Waals surface area (Å²) in [6, 6.07) is 17.0. The summed E-state index contributed by atoms with van der Waals surface area (Å²) in [5, 5.41) is 5.77. The standard InChI is InChI=1S/C18H21N3O3/c1-18(2,17(19)23)21-16(22)12-24-15-10-8-14(9-11-15)20-13-6-4-3-5-7-13/h3-11,20H,12H2,1-2H3,(H2,19,23)(H,21,22). The van der Waals surface area contributed by atoms with E-state index in [0.29, 0.717) is 5.75 Å². The average Bonchev–Trinajstić information content (AvgIpc) is 2.54. The first-order valence-electron chi connectivity index (χ1n) is 7.53. The SMILES string of the molecule is CC(C)(NC(=O)COc1ccc(Nc2ccccc2)cc1)C(N)=O. The number of carbonyl (C=O) groups is 2. The maximum Gasteiger partial charge on any atom is 0.258 e. The lowest BCUT2D eigenvalue weighted by molar-refractivity contribution is -0.131. The molecule has 0 aliphatic heterocycles. The number of para-hydroxylation sites is 1. The Hall–Kier alpha value is -3.02. The molecule has 6 nitrogen and oxygen atoms in total. The Morgan fingerprint density at radius 3 is 2.17 bits per heavy atom. The normalized spacial score (nSPS) is 10.8. The number of primary amides is 1. The minimum absolute atomic E-state index is 0.192. The van der Waals surface area contributed by atoms with Crippen LogP contribution in [0.25, 0.3) is 0 Å². The molecule has 2 aromatic carbocycles. The Balaban J connectivity index is 1.86. The summed E-state index contributed by atoms with van der Waals surface area (Å²) in [4.78, 5) is 23.0. The Morgan fingerprint density at radius 2 is 1.58 bits per heavy atom. The van der Waals surface area contributed by atoms with Crippen molar-refractivity contribution >= 4 is 23.2 Å². The highest BCUT2D eigenvalue weighted by atomic mass is 16.5. The summed E-state index contributed by atoms with van der Waals surface area (Å²) < 4.78 is 5.41. The van der Waals surface area contributed by atoms with E-state index in [1.807, 2.05) is 42.5 Å². The molecular weight excluding hydrogens is 306 g/mol. The summed E-state index contributed by atoms with van der Waals surface area (Å²) in [5.41, 5.74) is 5.99. The summed E-state index contributed by atoms with van der Waals surface area (Å²) >= 11 is 0. The van der Waals surface area contributed by atoms with Crippen LogP contribution in [0.15, 0.2) is 54.6 Å². The molecule has 2 amide bonds. The number of benzene rings is 2. The lowest BCUT2D eigenvalue weighted by Crippen LogP contribution is -2.54. The van der Waals surface area contributed by atoms with Crippen LogP contribution >= 0.6 is 0 Å². The molecule has 0 aromatic heterocycles. The predicted molar refractivity (Wildman–Crippen MR) is 93.1 cm³/mol. The van der Waals surface area contributed by atoms with Gasteiger partial charge in [-0.05, 0) is 50.2 Å². The number of nitrogens with one attached hydrogen (secondary N) is 2. The van der Waals surface area contributed by atoms with E-state index in [4.69, 9.17) is 10.5 Å². The molecule has 0 bridgehead atoms. The second kappa shape index (κ2) is 7.50. The molecule has 24 heavy (non-hydrogen) atoms. The van der Waals surface area contributed by atoms with Gasteiger partial charge in [-0.3, -0.25) is 9.59 Å². The highest BCUT2D eigenvalue weighted by molar-refractivity contribution is 5.90. The number of ether oxygens (including phenoxy) is 1. The van der Waals surface area contributed by atoms with Crippen LogP contribution in [-0.2, 0) is 9.59 Å². The number of rotatable bonds is 7. The zero-order valence-corrected chi connectivity index (χ0v) is 13.7. The summed E-state index contributed by atoms with van der Waals surface area (Å²) in [7, 11) is 0. The third kappa shape index (κ3) is 5.01. The smallest absolute Gasteiger partial charge is 0.258 e. The monoisotopic (exact) mass is 327 g/mol. The van der Waals surface area contributed by atoms with Gasteiger partial charge >= 0.3 is 0 Å². The van der Waals surface area contributed by atoms with Crippen molar-refractivity contribution in [1.82, 2.24) is 5.32 Å². The summed E-state index contributed by atoms with van der Waals surface area (Å²) in [5.74, 6) is -0.460. The maximum atomic E-state index is 11.8. The fraction of sp³-hybridized carbons (Fsp3) is 0.222. The largest absolute Gasteiger partial charge is 0.484 e. The van der Waals surface area contributed by atoms with Crippen LogP contribution in [0.4, 0.5) is 11.4 Å². The van der Waals surface area contributed by atoms with Crippen molar-refractivity contribution in [2.75, 3.05) is 11.9 Å². The Bertz CT molecular complexity index is 697. The van der Waals surface area contributed by atoms with E-state index in [1.54, 1.807) is 12.1 Å². The Kier molecular flexibility index (Phi) is 5.42. The summed E-state index contributed by atoms with van der Waals surface area (Å²) in [6.07, 6.45) is 0. The highest BCUT2D eigenvalue weighted by Crippen LogP contribution is 2.19. The lowest BCUT2D eigenvalue weighted by Gasteiger charge is -2.22. The molecule has 0 saturated carbocycles. The van der Waals surface area contributed by atoms with Gasteiger partial charge in [0.15, 0.2) is 6.61 Å². The molecule has 2 aromatic rings. The van der Waals surface area contributed by atoms with E-state index in [1.165, 1.54) is 13.8 Å². The summed E-state index contributed by atoms with van der Waals surface area (Å²) in [6.45, 7) is 2.89. The van der Waals surface area contributed by atoms with E-state index < -0.39 is 17.4 Å². The van der Waals surface area contributed by atoms with Crippen LogP contribution in [0.3, 0.4) is 0 Å². The lowest BCUT2D eigenvalue weighted by atomic mass is 10.1. The first-order valence-corrected chi connectivity index (χ1v) is 7.53. The van der Waals surface area contributed by atoms with Crippen molar-refractivity contribution in [3.63, 3.8) is 0 Å². The number of hydrogen-bond donors (Lipinski definition) is 3. The van der Waals surface area contributed by atoms with Crippen molar-refractivity contribution < 1.29 is 14.3 Å². The number of nitrogens with two attached hydrogens (primary N) is 1. The van der Waals surface area contributed by atoms with Gasteiger partial charge in [0.05, 0.1) is 0 Å². The Morgan fingerprint density at radius 1 is 1.00 bits per heavy atom. The molecule has 0 saturated heterocycles. The number of anilines is 2. The maximum absolute atomic E-state index is 11.8. The van der Waals surface area contributed by atoms with Gasteiger partial charge in [-0.2, -0.15) is 0 Å². The second-order valence-electron chi connectivity index (χ2n) is 5.84. The van der Waals surface area contributed by atoms with Crippen LogP contribution in [0, 0.1) is 0 Å². The van der Waals surface area contributed by atoms with Crippen LogP contribution in [0.2, 0.25) is 0 Å². The van der Waals surface area contributed by atoms with Gasteiger partial charge in [-0.1, -0.05) is 18.2 Å². The molecule has 0 heterocycles. The average molecular weight is 327 g/mol. The quantitative estimate of drug-likeness (QED) is 0.726. The zero-order chi connectivity index (χ0) is 17.6. The topological polar surface area (TPSA) is 93.4 Å². The van der Waals surface area contributed by atoms with Crippen LogP contribution in [-0.4, -0.2) is 24.0 Å². The molecule has 0 aliphatic carbocycles. The molecule has 0 spiro atoms. The fourth-order valence-corrected chi connectivity index (χ4v) is 1.92. The van der Waals surface area contributed by atoms with E-state index in [9.17, 15) is 9.59 Å². The van der Waals surface area contributed by atoms with E-state index in [-0.39, 0.29) is 6.61 Å². The minimum Gasteiger partial charge on any atom is -0.484 e. The number of hydrogen-bond acceptors (Lipinski definition) is 4. The second-order valence-corrected chi connectivity index (χ2v) is 5.84. The minimum atomic E-state index is -1.11. The first kappa shape index (κ1) is 17.3. The highest BCUT2D eigenvalue weighted by Gasteiger charge is 2.26. The molecule has 126 valence electrons. The molecular formula is C18H21N3O3. The predicted octanol–water partition coefficient (Wildman–Crippen LogP) is 2.19. The molecule has 2 rings (SSSR count). The Labute approximate surface area is 141 Å². The first-order chi connectivity index (χ1) is 11.4. The van der Waals surface area contributed by atoms with Crippen molar-refractivity contribution in [3.05, 3.63) is 54.6 Å². The molecule has 4 N–H and O–H groups in total. The van der Waals surface area contributed by atoms with Gasteiger partial charge in [0.2, 0.25) is 5.91 Å². The number of carbonyl (C=O) groups excluding carboxylic acids is 2. The van der Waals surface area contributed by atoms with Crippen LogP contribution in [0.5, 0.6) is 5.75 Å². The van der Waals surface area contributed by atoms with Gasteiger partial charge in [0, 0.05) is 11.4 Å². The fourth-order valence-electron chi connectivity index (χ4n) is 1.92. The van der Waals surface area contributed by atoms with Crippen molar-refractivity contribution in [2.24, 2.45) is 5.73 Å². The van der Waals surface area contributed by atoms with Gasteiger partial charge < -0.3 is 21.1 Å². The van der Waals surface area contributed by atoms with E-state index in [2.05, 4.69) is 10.6 Å². The van der Waals surface area contributed by atoms with Gasteiger partial charge in [-0.25, -0.2) is 0 Å². The van der Waals surface area contributed by atoms with Crippen molar-refractivity contribution in [1.29, 1.82) is 0 Å². The molecule has 0 aliphatic rings.